The molecule has 1 aliphatic rings. The van der Waals surface area contributed by atoms with Gasteiger partial charge in [0.25, 0.3) is 0 Å². The minimum atomic E-state index is -3.98. The highest BCUT2D eigenvalue weighted by Crippen LogP contribution is 2.31. The van der Waals surface area contributed by atoms with Crippen molar-refractivity contribution in [1.29, 1.82) is 0 Å². The van der Waals surface area contributed by atoms with Crippen molar-refractivity contribution in [2.75, 3.05) is 23.9 Å². The molecule has 0 saturated heterocycles. The molecule has 1 unspecified atom stereocenters. The Balaban J connectivity index is 1.81. The Hall–Kier alpha value is -2.62. The van der Waals surface area contributed by atoms with Gasteiger partial charge in [0.1, 0.15) is 11.8 Å². The third-order valence-electron chi connectivity index (χ3n) is 5.38. The van der Waals surface area contributed by atoms with Gasteiger partial charge >= 0.3 is 0 Å². The maximum Gasteiger partial charge on any atom is 0.242 e. The summed E-state index contributed by atoms with van der Waals surface area (Å²) < 4.78 is 33.9. The van der Waals surface area contributed by atoms with Crippen LogP contribution in [-0.4, -0.2) is 39.9 Å². The van der Waals surface area contributed by atoms with Crippen LogP contribution in [0.3, 0.4) is 0 Å². The van der Waals surface area contributed by atoms with Gasteiger partial charge in [-0.2, -0.15) is 4.72 Å². The molecule has 0 fully saturated rings. The number of methoxy groups -OCH3 is 1. The molecule has 0 radical (unpaired) electrons. The van der Waals surface area contributed by atoms with Crippen molar-refractivity contribution in [3.63, 3.8) is 0 Å². The van der Waals surface area contributed by atoms with E-state index in [1.807, 2.05) is 13.8 Å². The molecule has 0 saturated carbocycles. The molecule has 2 aromatic rings. The van der Waals surface area contributed by atoms with Crippen LogP contribution in [0.4, 0.5) is 11.4 Å². The van der Waals surface area contributed by atoms with Gasteiger partial charge in [0.15, 0.2) is 0 Å². The van der Waals surface area contributed by atoms with Crippen LogP contribution < -0.4 is 19.7 Å². The van der Waals surface area contributed by atoms with Crippen LogP contribution in [0.25, 0.3) is 0 Å². The molecule has 10 heteroatoms. The van der Waals surface area contributed by atoms with E-state index in [1.54, 1.807) is 35.2 Å². The van der Waals surface area contributed by atoms with Gasteiger partial charge < -0.3 is 15.0 Å². The van der Waals surface area contributed by atoms with Crippen molar-refractivity contribution in [2.45, 2.75) is 44.6 Å². The Morgan fingerprint density at radius 2 is 1.91 bits per heavy atom. The van der Waals surface area contributed by atoms with E-state index in [-0.39, 0.29) is 16.7 Å². The van der Waals surface area contributed by atoms with E-state index in [1.165, 1.54) is 20.1 Å². The lowest BCUT2D eigenvalue weighted by molar-refractivity contribution is -0.118. The molecular weight excluding hydrogens is 466 g/mol. The molecule has 3 rings (SSSR count). The summed E-state index contributed by atoms with van der Waals surface area (Å²) in [6.07, 6.45) is 0.879. The monoisotopic (exact) mass is 493 g/mol. The standard InChI is InChI=1S/C23H28ClN3O5S/c1-14(2)11-20(23(29)25-17-5-8-22(32-4)19(24)13-17)26-33(30,31)18-6-7-21-16(12-18)9-10-27(21)15(3)28/h5-8,12-14,20,26H,9-11H2,1-4H3,(H,25,29). The number of hydrogen-bond acceptors (Lipinski definition) is 5. The molecule has 1 aliphatic heterocycles. The second-order valence-corrected chi connectivity index (χ2v) is 10.5. The highest BCUT2D eigenvalue weighted by Gasteiger charge is 2.29. The summed E-state index contributed by atoms with van der Waals surface area (Å²) in [4.78, 5) is 26.4. The van der Waals surface area contributed by atoms with Crippen LogP contribution in [0.2, 0.25) is 5.02 Å². The first-order valence-corrected chi connectivity index (χ1v) is 12.5. The molecule has 0 aliphatic carbocycles. The molecule has 1 atom stereocenters. The van der Waals surface area contributed by atoms with Gasteiger partial charge in [0.05, 0.1) is 17.0 Å². The van der Waals surface area contributed by atoms with Crippen molar-refractivity contribution in [2.24, 2.45) is 5.92 Å². The number of fused-ring (bicyclic) bond motifs is 1. The van der Waals surface area contributed by atoms with Crippen molar-refractivity contribution < 1.29 is 22.7 Å². The van der Waals surface area contributed by atoms with Crippen molar-refractivity contribution in [1.82, 2.24) is 4.72 Å². The number of hydrogen-bond donors (Lipinski definition) is 2. The number of benzene rings is 2. The Morgan fingerprint density at radius 1 is 1.18 bits per heavy atom. The summed E-state index contributed by atoms with van der Waals surface area (Å²) in [5, 5.41) is 3.05. The largest absolute Gasteiger partial charge is 0.495 e. The molecule has 2 aromatic carbocycles. The fraction of sp³-hybridized carbons (Fsp3) is 0.391. The quantitative estimate of drug-likeness (QED) is 0.584. The number of rotatable bonds is 8. The van der Waals surface area contributed by atoms with Gasteiger partial charge in [-0.1, -0.05) is 25.4 Å². The zero-order valence-electron chi connectivity index (χ0n) is 19.0. The zero-order chi connectivity index (χ0) is 24.3. The minimum absolute atomic E-state index is 0.0562. The Labute approximate surface area is 199 Å². The number of anilines is 2. The Morgan fingerprint density at radius 3 is 2.52 bits per heavy atom. The first-order valence-electron chi connectivity index (χ1n) is 10.6. The second kappa shape index (κ2) is 10.1. The number of amides is 2. The lowest BCUT2D eigenvalue weighted by Crippen LogP contribution is -2.44. The van der Waals surface area contributed by atoms with Crippen molar-refractivity contribution in [3.8, 4) is 5.75 Å². The number of nitrogens with one attached hydrogen (secondary N) is 2. The molecule has 1 heterocycles. The lowest BCUT2D eigenvalue weighted by Gasteiger charge is -2.21. The third-order valence-corrected chi connectivity index (χ3v) is 7.14. The van der Waals surface area contributed by atoms with E-state index >= 15 is 0 Å². The third kappa shape index (κ3) is 5.85. The topological polar surface area (TPSA) is 105 Å². The molecule has 0 aromatic heterocycles. The summed E-state index contributed by atoms with van der Waals surface area (Å²) in [7, 11) is -2.49. The van der Waals surface area contributed by atoms with Gasteiger partial charge in [0, 0.05) is 24.8 Å². The molecule has 178 valence electrons. The number of ether oxygens (including phenoxy) is 1. The average Bonchev–Trinajstić information content (AvgIpc) is 3.16. The molecule has 2 N–H and O–H groups in total. The smallest absolute Gasteiger partial charge is 0.242 e. The van der Waals surface area contributed by atoms with Crippen molar-refractivity contribution in [3.05, 3.63) is 47.0 Å². The molecule has 0 bridgehead atoms. The lowest BCUT2D eigenvalue weighted by atomic mass is 10.0. The summed E-state index contributed by atoms with van der Waals surface area (Å²) in [6.45, 7) is 5.81. The molecule has 33 heavy (non-hydrogen) atoms. The summed E-state index contributed by atoms with van der Waals surface area (Å²) in [5.74, 6) is -0.0479. The van der Waals surface area contributed by atoms with E-state index in [9.17, 15) is 18.0 Å². The van der Waals surface area contributed by atoms with Crippen LogP contribution in [0.5, 0.6) is 5.75 Å². The number of nitrogens with zero attached hydrogens (tertiary/aromatic N) is 1. The number of halogens is 1. The Bertz CT molecular complexity index is 1170. The van der Waals surface area contributed by atoms with Gasteiger partial charge in [-0.05, 0) is 60.7 Å². The minimum Gasteiger partial charge on any atom is -0.495 e. The average molecular weight is 494 g/mol. The predicted molar refractivity (Wildman–Crippen MR) is 128 cm³/mol. The SMILES string of the molecule is COc1ccc(NC(=O)C(CC(C)C)NS(=O)(=O)c2ccc3c(c2)CCN3C(C)=O)cc1Cl. The summed E-state index contributed by atoms with van der Waals surface area (Å²) >= 11 is 6.13. The van der Waals surface area contributed by atoms with Gasteiger partial charge in [0.2, 0.25) is 21.8 Å². The predicted octanol–water partition coefficient (Wildman–Crippen LogP) is 3.59. The van der Waals surface area contributed by atoms with Gasteiger partial charge in [-0.3, -0.25) is 9.59 Å². The van der Waals surface area contributed by atoms with E-state index < -0.39 is 22.0 Å². The fourth-order valence-electron chi connectivity index (χ4n) is 3.78. The number of carbonyl (C=O) groups excluding carboxylic acids is 2. The van der Waals surface area contributed by atoms with Crippen LogP contribution in [0.15, 0.2) is 41.3 Å². The molecule has 8 nitrogen and oxygen atoms in total. The highest BCUT2D eigenvalue weighted by molar-refractivity contribution is 7.89. The first-order chi connectivity index (χ1) is 15.5. The zero-order valence-corrected chi connectivity index (χ0v) is 20.6. The normalized spacial score (nSPS) is 14.2. The van der Waals surface area contributed by atoms with E-state index in [0.29, 0.717) is 41.5 Å². The fourth-order valence-corrected chi connectivity index (χ4v) is 5.30. The van der Waals surface area contributed by atoms with Crippen LogP contribution in [0, 0.1) is 5.92 Å². The Kier molecular flexibility index (Phi) is 7.66. The maximum absolute atomic E-state index is 13.1. The number of sulfonamides is 1. The molecule has 2 amide bonds. The maximum atomic E-state index is 13.1. The van der Waals surface area contributed by atoms with Crippen LogP contribution >= 0.6 is 11.6 Å². The summed E-state index contributed by atoms with van der Waals surface area (Å²) in [6, 6.07) is 8.46. The van der Waals surface area contributed by atoms with E-state index in [2.05, 4.69) is 10.0 Å². The highest BCUT2D eigenvalue weighted by atomic mass is 35.5. The summed E-state index contributed by atoms with van der Waals surface area (Å²) in [5.41, 5.74) is 1.93. The van der Waals surface area contributed by atoms with Gasteiger partial charge in [-0.15, -0.1) is 0 Å². The van der Waals surface area contributed by atoms with Crippen molar-refractivity contribution >= 4 is 44.8 Å². The molecule has 0 spiro atoms. The van der Waals surface area contributed by atoms with Gasteiger partial charge in [-0.25, -0.2) is 8.42 Å². The van der Waals surface area contributed by atoms with E-state index in [0.717, 1.165) is 5.56 Å². The van der Waals surface area contributed by atoms with Crippen LogP contribution in [-0.2, 0) is 26.0 Å². The molecular formula is C23H28ClN3O5S. The first kappa shape index (κ1) is 25.0. The van der Waals surface area contributed by atoms with Crippen LogP contribution in [0.1, 0.15) is 32.8 Å². The second-order valence-electron chi connectivity index (χ2n) is 8.35. The number of carbonyl (C=O) groups is 2. The van der Waals surface area contributed by atoms with E-state index in [4.69, 9.17) is 16.3 Å².